The van der Waals surface area contributed by atoms with Gasteiger partial charge in [0.15, 0.2) is 0 Å². The molecule has 28 heavy (non-hydrogen) atoms. The highest BCUT2D eigenvalue weighted by atomic mass is 32.2. The van der Waals surface area contributed by atoms with Crippen LogP contribution in [0.5, 0.6) is 5.75 Å². The number of carbonyl (C=O) groups excluding carboxylic acids is 2. The Morgan fingerprint density at radius 2 is 1.89 bits per heavy atom. The van der Waals surface area contributed by atoms with Crippen molar-refractivity contribution in [1.82, 2.24) is 14.9 Å². The van der Waals surface area contributed by atoms with Gasteiger partial charge in [-0.05, 0) is 44.2 Å². The van der Waals surface area contributed by atoms with Gasteiger partial charge < -0.3 is 15.4 Å². The number of hydrogen-bond acceptors (Lipinski definition) is 5. The van der Waals surface area contributed by atoms with Gasteiger partial charge in [-0.15, -0.1) is 0 Å². The van der Waals surface area contributed by atoms with E-state index in [1.165, 1.54) is 10.6 Å². The van der Waals surface area contributed by atoms with Crippen LogP contribution in [0.2, 0.25) is 0 Å². The zero-order valence-corrected chi connectivity index (χ0v) is 16.8. The molecule has 9 heteroatoms. The van der Waals surface area contributed by atoms with Gasteiger partial charge in [-0.3, -0.25) is 9.59 Å². The van der Waals surface area contributed by atoms with Crippen molar-refractivity contribution in [1.29, 1.82) is 0 Å². The van der Waals surface area contributed by atoms with Crippen molar-refractivity contribution < 1.29 is 22.7 Å². The number of sulfonamides is 1. The summed E-state index contributed by atoms with van der Waals surface area (Å²) in [6.07, 6.45) is 4.57. The molecule has 2 saturated heterocycles. The fourth-order valence-electron chi connectivity index (χ4n) is 3.53. The van der Waals surface area contributed by atoms with Crippen LogP contribution in [0.4, 0.5) is 0 Å². The highest BCUT2D eigenvalue weighted by molar-refractivity contribution is 7.88. The molecule has 2 heterocycles. The van der Waals surface area contributed by atoms with Crippen LogP contribution in [0.15, 0.2) is 24.3 Å². The minimum Gasteiger partial charge on any atom is -0.489 e. The highest BCUT2D eigenvalue weighted by Gasteiger charge is 2.28. The Hall–Kier alpha value is -2.13. The average molecular weight is 410 g/mol. The van der Waals surface area contributed by atoms with Gasteiger partial charge in [0.2, 0.25) is 15.9 Å². The van der Waals surface area contributed by atoms with Crippen molar-refractivity contribution in [3.8, 4) is 5.75 Å². The van der Waals surface area contributed by atoms with Crippen LogP contribution in [-0.2, 0) is 14.8 Å². The van der Waals surface area contributed by atoms with Gasteiger partial charge in [0.25, 0.3) is 5.91 Å². The lowest BCUT2D eigenvalue weighted by atomic mass is 10.1. The molecule has 0 aliphatic carbocycles. The minimum absolute atomic E-state index is 0.155. The third-order valence-corrected chi connectivity index (χ3v) is 6.44. The van der Waals surface area contributed by atoms with Gasteiger partial charge >= 0.3 is 0 Å². The third-order valence-electron chi connectivity index (χ3n) is 5.14. The molecule has 0 bridgehead atoms. The van der Waals surface area contributed by atoms with Gasteiger partial charge in [-0.2, -0.15) is 0 Å². The lowest BCUT2D eigenvalue weighted by Crippen LogP contribution is -2.45. The Kier molecular flexibility index (Phi) is 6.56. The van der Waals surface area contributed by atoms with Gasteiger partial charge in [0.1, 0.15) is 17.9 Å². The van der Waals surface area contributed by atoms with Crippen molar-refractivity contribution in [3.05, 3.63) is 29.8 Å². The second kappa shape index (κ2) is 8.91. The number of benzene rings is 1. The molecule has 154 valence electrons. The molecule has 1 aromatic rings. The molecular weight excluding hydrogens is 382 g/mol. The number of rotatable bonds is 5. The Labute approximate surface area is 165 Å². The van der Waals surface area contributed by atoms with Crippen molar-refractivity contribution >= 4 is 21.8 Å². The Balaban J connectivity index is 1.64. The molecular formula is C19H27N3O5S. The second-order valence-corrected chi connectivity index (χ2v) is 9.27. The molecule has 0 radical (unpaired) electrons. The van der Waals surface area contributed by atoms with Crippen LogP contribution in [0.1, 0.15) is 42.5 Å². The zero-order valence-electron chi connectivity index (χ0n) is 16.0. The fraction of sp³-hybridized carbons (Fsp3) is 0.579. The fourth-order valence-corrected chi connectivity index (χ4v) is 4.41. The molecule has 0 aromatic heterocycles. The summed E-state index contributed by atoms with van der Waals surface area (Å²) in [6, 6.07) is 6.40. The van der Waals surface area contributed by atoms with E-state index >= 15 is 0 Å². The summed E-state index contributed by atoms with van der Waals surface area (Å²) >= 11 is 0. The molecule has 2 N–H and O–H groups in total. The topological polar surface area (TPSA) is 105 Å². The molecule has 2 aliphatic heterocycles. The lowest BCUT2D eigenvalue weighted by molar-refractivity contribution is -0.122. The summed E-state index contributed by atoms with van der Waals surface area (Å²) in [6.45, 7) is 1.44. The zero-order chi connectivity index (χ0) is 20.1. The molecule has 3 rings (SSSR count). The van der Waals surface area contributed by atoms with E-state index < -0.39 is 16.1 Å². The van der Waals surface area contributed by atoms with E-state index in [2.05, 4.69) is 10.6 Å². The van der Waals surface area contributed by atoms with Gasteiger partial charge in [-0.25, -0.2) is 12.7 Å². The smallest absolute Gasteiger partial charge is 0.255 e. The second-order valence-electron chi connectivity index (χ2n) is 7.29. The Morgan fingerprint density at radius 1 is 1.18 bits per heavy atom. The Morgan fingerprint density at radius 3 is 2.61 bits per heavy atom. The number of nitrogens with one attached hydrogen (secondary N) is 2. The normalized spacial score (nSPS) is 22.2. The van der Waals surface area contributed by atoms with E-state index in [0.29, 0.717) is 50.2 Å². The van der Waals surface area contributed by atoms with Crippen molar-refractivity contribution in [2.75, 3.05) is 25.9 Å². The van der Waals surface area contributed by atoms with E-state index in [0.717, 1.165) is 12.8 Å². The first-order valence-corrected chi connectivity index (χ1v) is 11.5. The van der Waals surface area contributed by atoms with Gasteiger partial charge in [-0.1, -0.05) is 12.1 Å². The predicted octanol–water partition coefficient (Wildman–Crippen LogP) is 0.888. The van der Waals surface area contributed by atoms with Crippen LogP contribution < -0.4 is 15.4 Å². The number of ether oxygens (including phenoxy) is 1. The van der Waals surface area contributed by atoms with Crippen molar-refractivity contribution in [2.24, 2.45) is 0 Å². The quantitative estimate of drug-likeness (QED) is 0.751. The van der Waals surface area contributed by atoms with Crippen LogP contribution >= 0.6 is 0 Å². The summed E-state index contributed by atoms with van der Waals surface area (Å²) in [4.78, 5) is 24.8. The predicted molar refractivity (Wildman–Crippen MR) is 105 cm³/mol. The summed E-state index contributed by atoms with van der Waals surface area (Å²) in [5.74, 6) is -0.0459. The van der Waals surface area contributed by atoms with E-state index in [9.17, 15) is 18.0 Å². The summed E-state index contributed by atoms with van der Waals surface area (Å²) in [7, 11) is -3.19. The van der Waals surface area contributed by atoms with E-state index in [-0.39, 0.29) is 17.9 Å². The first-order valence-electron chi connectivity index (χ1n) is 9.64. The maximum Gasteiger partial charge on any atom is 0.255 e. The molecule has 0 spiro atoms. The third kappa shape index (κ3) is 5.23. The number of carbonyl (C=O) groups is 2. The summed E-state index contributed by atoms with van der Waals surface area (Å²) in [5, 5.41) is 5.62. The van der Waals surface area contributed by atoms with Crippen LogP contribution in [0.3, 0.4) is 0 Å². The SMILES string of the molecule is CS(=O)(=O)N1CCC(Oc2ccccc2C(=O)N[C@H]2CCCCNC2=O)CC1. The highest BCUT2D eigenvalue weighted by Crippen LogP contribution is 2.24. The van der Waals surface area contributed by atoms with E-state index in [1.54, 1.807) is 24.3 Å². The Bertz CT molecular complexity index is 819. The minimum atomic E-state index is -3.19. The summed E-state index contributed by atoms with van der Waals surface area (Å²) in [5.41, 5.74) is 0.380. The number of piperidine rings is 1. The lowest BCUT2D eigenvalue weighted by Gasteiger charge is -2.30. The molecule has 8 nitrogen and oxygen atoms in total. The molecule has 2 aliphatic rings. The van der Waals surface area contributed by atoms with E-state index in [4.69, 9.17) is 4.74 Å². The van der Waals surface area contributed by atoms with Crippen LogP contribution in [-0.4, -0.2) is 62.6 Å². The van der Waals surface area contributed by atoms with Crippen molar-refractivity contribution in [3.63, 3.8) is 0 Å². The average Bonchev–Trinajstić information content (AvgIpc) is 2.86. The molecule has 1 aromatic carbocycles. The molecule has 2 fully saturated rings. The van der Waals surface area contributed by atoms with Crippen molar-refractivity contribution in [2.45, 2.75) is 44.2 Å². The monoisotopic (exact) mass is 409 g/mol. The standard InChI is InChI=1S/C19H27N3O5S/c1-28(25,26)22-12-9-14(10-13-22)27-17-8-3-2-6-15(17)18(23)21-16-7-4-5-11-20-19(16)24/h2-3,6,8,14,16H,4-5,7,9-13H2,1H3,(H,20,24)(H,21,23)/t16-/m0/s1. The number of nitrogens with zero attached hydrogens (tertiary/aromatic N) is 1. The number of para-hydroxylation sites is 1. The summed E-state index contributed by atoms with van der Waals surface area (Å²) < 4.78 is 30.7. The molecule has 0 saturated carbocycles. The van der Waals surface area contributed by atoms with Crippen LogP contribution in [0, 0.1) is 0 Å². The van der Waals surface area contributed by atoms with Crippen LogP contribution in [0.25, 0.3) is 0 Å². The maximum atomic E-state index is 12.8. The van der Waals surface area contributed by atoms with E-state index in [1.807, 2.05) is 0 Å². The largest absolute Gasteiger partial charge is 0.489 e. The molecule has 0 unspecified atom stereocenters. The molecule has 2 amide bonds. The van der Waals surface area contributed by atoms with Gasteiger partial charge in [0.05, 0.1) is 11.8 Å². The number of hydrogen-bond donors (Lipinski definition) is 2. The molecule has 1 atom stereocenters. The first-order chi connectivity index (χ1) is 13.3. The maximum absolute atomic E-state index is 12.8. The first kappa shape index (κ1) is 20.6. The van der Waals surface area contributed by atoms with Gasteiger partial charge in [0, 0.05) is 19.6 Å². The number of amides is 2.